The first-order chi connectivity index (χ1) is 12.2. The maximum absolute atomic E-state index is 12.5. The largest absolute Gasteiger partial charge is 0.351 e. The molecule has 0 fully saturated rings. The van der Waals surface area contributed by atoms with Crippen molar-refractivity contribution in [3.05, 3.63) is 71.4 Å². The fourth-order valence-corrected chi connectivity index (χ4v) is 3.14. The third kappa shape index (κ3) is 4.09. The number of carbonyl (C=O) groups is 1. The molecule has 0 aliphatic heterocycles. The Morgan fingerprint density at radius 2 is 1.68 bits per heavy atom. The van der Waals surface area contributed by atoms with Gasteiger partial charge in [0.25, 0.3) is 5.91 Å². The summed E-state index contributed by atoms with van der Waals surface area (Å²) in [6.45, 7) is 8.16. The van der Waals surface area contributed by atoms with Crippen molar-refractivity contribution in [3.8, 4) is 0 Å². The average Bonchev–Trinajstić information content (AvgIpc) is 3.09. The number of fused-ring (bicyclic) bond motifs is 1. The third-order valence-corrected chi connectivity index (χ3v) is 4.77. The normalized spacial score (nSPS) is 11.2. The van der Waals surface area contributed by atoms with Crippen molar-refractivity contribution in [3.63, 3.8) is 0 Å². The molecule has 0 saturated carbocycles. The number of hydrogen-bond donors (Lipinski definition) is 3. The van der Waals surface area contributed by atoms with Gasteiger partial charge in [-0.2, -0.15) is 0 Å². The van der Waals surface area contributed by atoms with E-state index < -0.39 is 0 Å². The molecular weight excluding hydrogens is 310 g/mol. The molecule has 0 spiro atoms. The molecule has 3 N–H and O–H groups in total. The topological polar surface area (TPSA) is 49.3 Å². The average molecular weight is 336 g/mol. The van der Waals surface area contributed by atoms with Gasteiger partial charge in [0.05, 0.1) is 13.1 Å². The van der Waals surface area contributed by atoms with Crippen LogP contribution in [0.1, 0.15) is 35.5 Å². The van der Waals surface area contributed by atoms with Gasteiger partial charge in [-0.1, -0.05) is 42.5 Å². The number of benzene rings is 2. The molecule has 4 heteroatoms. The molecule has 1 heterocycles. The van der Waals surface area contributed by atoms with E-state index in [1.54, 1.807) is 0 Å². The van der Waals surface area contributed by atoms with E-state index in [0.717, 1.165) is 30.5 Å². The van der Waals surface area contributed by atoms with Gasteiger partial charge in [-0.15, -0.1) is 0 Å². The Morgan fingerprint density at radius 1 is 1.00 bits per heavy atom. The Balaban J connectivity index is 1.69. The van der Waals surface area contributed by atoms with Crippen molar-refractivity contribution in [1.29, 1.82) is 0 Å². The maximum atomic E-state index is 12.5. The highest BCUT2D eigenvalue weighted by atomic mass is 16.1. The number of aromatic amines is 1. The van der Waals surface area contributed by atoms with Crippen LogP contribution in [0.4, 0.5) is 0 Å². The summed E-state index contributed by atoms with van der Waals surface area (Å²) in [5, 5.41) is 4.10. The lowest BCUT2D eigenvalue weighted by atomic mass is 10.1. The summed E-state index contributed by atoms with van der Waals surface area (Å²) in [7, 11) is 0. The fourth-order valence-electron chi connectivity index (χ4n) is 3.14. The molecule has 0 radical (unpaired) electrons. The number of carbonyl (C=O) groups excluding carboxylic acids is 1. The Kier molecular flexibility index (Phi) is 5.51. The first-order valence-electron chi connectivity index (χ1n) is 8.97. The summed E-state index contributed by atoms with van der Waals surface area (Å²) >= 11 is 0. The van der Waals surface area contributed by atoms with E-state index in [1.165, 1.54) is 16.0 Å². The Labute approximate surface area is 148 Å². The molecule has 3 aromatic rings. The molecule has 0 saturated heterocycles. The molecule has 25 heavy (non-hydrogen) atoms. The van der Waals surface area contributed by atoms with Gasteiger partial charge in [0, 0.05) is 23.0 Å². The summed E-state index contributed by atoms with van der Waals surface area (Å²) in [5.74, 6) is -0.0683. The fraction of sp³-hybridized carbons (Fsp3) is 0.286. The molecule has 4 nitrogen and oxygen atoms in total. The van der Waals surface area contributed by atoms with Gasteiger partial charge in [0.1, 0.15) is 12.2 Å². The van der Waals surface area contributed by atoms with Crippen molar-refractivity contribution >= 4 is 16.8 Å². The zero-order chi connectivity index (χ0) is 17.6. The van der Waals surface area contributed by atoms with Crippen LogP contribution in [-0.2, 0) is 13.1 Å². The number of H-pyrrole nitrogens is 1. The van der Waals surface area contributed by atoms with Crippen molar-refractivity contribution in [2.75, 3.05) is 13.1 Å². The summed E-state index contributed by atoms with van der Waals surface area (Å²) in [4.78, 5) is 17.2. The second kappa shape index (κ2) is 7.99. The third-order valence-electron chi connectivity index (χ3n) is 4.77. The van der Waals surface area contributed by atoms with Crippen LogP contribution in [0.15, 0.2) is 54.6 Å². The quantitative estimate of drug-likeness (QED) is 0.610. The first-order valence-corrected chi connectivity index (χ1v) is 8.97. The molecule has 0 unspecified atom stereocenters. The number of hydrogen-bond acceptors (Lipinski definition) is 1. The standard InChI is InChI=1S/C21H25N3O/c1-3-24(4-2)15-18-11-6-5-10-17(18)14-22-21(25)20-13-16-9-7-8-12-19(16)23-20/h5-13,23H,3-4,14-15H2,1-2H3,(H,22,25)/p+1. The predicted molar refractivity (Wildman–Crippen MR) is 102 cm³/mol. The lowest BCUT2D eigenvalue weighted by Gasteiger charge is -2.17. The molecule has 1 aromatic heterocycles. The predicted octanol–water partition coefficient (Wildman–Crippen LogP) is 2.52. The van der Waals surface area contributed by atoms with Crippen LogP contribution in [0.3, 0.4) is 0 Å². The molecular formula is C21H26N3O+. The number of aromatic nitrogens is 1. The minimum atomic E-state index is -0.0683. The highest BCUT2D eigenvalue weighted by Gasteiger charge is 2.12. The van der Waals surface area contributed by atoms with E-state index in [2.05, 4.69) is 42.3 Å². The van der Waals surface area contributed by atoms with Gasteiger partial charge < -0.3 is 15.2 Å². The highest BCUT2D eigenvalue weighted by molar-refractivity contribution is 5.97. The van der Waals surface area contributed by atoms with Crippen LogP contribution in [0, 0.1) is 0 Å². The van der Waals surface area contributed by atoms with Gasteiger partial charge in [-0.3, -0.25) is 4.79 Å². The number of nitrogens with one attached hydrogen (secondary N) is 3. The van der Waals surface area contributed by atoms with E-state index in [1.807, 2.05) is 36.4 Å². The molecule has 0 bridgehead atoms. The Morgan fingerprint density at radius 3 is 2.40 bits per heavy atom. The van der Waals surface area contributed by atoms with E-state index in [0.29, 0.717) is 12.2 Å². The summed E-state index contributed by atoms with van der Waals surface area (Å²) in [6.07, 6.45) is 0. The van der Waals surface area contributed by atoms with Crippen LogP contribution in [0.25, 0.3) is 10.9 Å². The molecule has 0 atom stereocenters. The number of quaternary nitrogens is 1. The summed E-state index contributed by atoms with van der Waals surface area (Å²) < 4.78 is 0. The van der Waals surface area contributed by atoms with Crippen LogP contribution < -0.4 is 10.2 Å². The molecule has 0 aliphatic carbocycles. The highest BCUT2D eigenvalue weighted by Crippen LogP contribution is 2.15. The molecule has 1 amide bonds. The van der Waals surface area contributed by atoms with Gasteiger partial charge in [0.2, 0.25) is 0 Å². The van der Waals surface area contributed by atoms with Gasteiger partial charge in [0.15, 0.2) is 0 Å². The van der Waals surface area contributed by atoms with Crippen molar-refractivity contribution in [1.82, 2.24) is 10.3 Å². The van der Waals surface area contributed by atoms with Crippen LogP contribution in [0.5, 0.6) is 0 Å². The van der Waals surface area contributed by atoms with Gasteiger partial charge >= 0.3 is 0 Å². The van der Waals surface area contributed by atoms with Crippen molar-refractivity contribution < 1.29 is 9.69 Å². The summed E-state index contributed by atoms with van der Waals surface area (Å²) in [6, 6.07) is 18.2. The zero-order valence-electron chi connectivity index (χ0n) is 14.9. The Hall–Kier alpha value is -2.59. The molecule has 0 aliphatic rings. The second-order valence-corrected chi connectivity index (χ2v) is 6.36. The monoisotopic (exact) mass is 336 g/mol. The van der Waals surface area contributed by atoms with E-state index >= 15 is 0 Å². The second-order valence-electron chi connectivity index (χ2n) is 6.36. The lowest BCUT2D eigenvalue weighted by Crippen LogP contribution is -3.10. The zero-order valence-corrected chi connectivity index (χ0v) is 14.9. The van der Waals surface area contributed by atoms with Gasteiger partial charge in [-0.05, 0) is 31.5 Å². The molecule has 3 rings (SSSR count). The van der Waals surface area contributed by atoms with E-state index in [9.17, 15) is 4.79 Å². The first kappa shape index (κ1) is 17.2. The van der Waals surface area contributed by atoms with Gasteiger partial charge in [-0.25, -0.2) is 0 Å². The number of para-hydroxylation sites is 1. The SMILES string of the molecule is CC[NH+](CC)Cc1ccccc1CNC(=O)c1cc2ccccc2[nH]1. The number of rotatable bonds is 7. The minimum absolute atomic E-state index is 0.0683. The van der Waals surface area contributed by atoms with Crippen LogP contribution >= 0.6 is 0 Å². The van der Waals surface area contributed by atoms with Crippen LogP contribution in [0.2, 0.25) is 0 Å². The smallest absolute Gasteiger partial charge is 0.267 e. The lowest BCUT2D eigenvalue weighted by molar-refractivity contribution is -0.910. The van der Waals surface area contributed by atoms with E-state index in [-0.39, 0.29) is 5.91 Å². The number of amides is 1. The van der Waals surface area contributed by atoms with E-state index in [4.69, 9.17) is 0 Å². The maximum Gasteiger partial charge on any atom is 0.267 e. The Bertz CT molecular complexity index is 816. The van der Waals surface area contributed by atoms with Crippen molar-refractivity contribution in [2.45, 2.75) is 26.9 Å². The summed E-state index contributed by atoms with van der Waals surface area (Å²) in [5.41, 5.74) is 4.08. The van der Waals surface area contributed by atoms with Crippen molar-refractivity contribution in [2.24, 2.45) is 0 Å². The molecule has 130 valence electrons. The minimum Gasteiger partial charge on any atom is -0.351 e. The molecule has 2 aromatic carbocycles. The van der Waals surface area contributed by atoms with Crippen LogP contribution in [-0.4, -0.2) is 24.0 Å².